The van der Waals surface area contributed by atoms with Crippen LogP contribution >= 0.6 is 0 Å². The van der Waals surface area contributed by atoms with Crippen molar-refractivity contribution in [1.29, 1.82) is 0 Å². The molecule has 2 aromatic carbocycles. The van der Waals surface area contributed by atoms with E-state index < -0.39 is 46.6 Å². The predicted molar refractivity (Wildman–Crippen MR) is 97.6 cm³/mol. The molecule has 0 spiro atoms. The minimum Gasteiger partial charge on any atom is -0.432 e. The second kappa shape index (κ2) is 8.67. The smallest absolute Gasteiger partial charge is 0.400 e. The molecule has 0 heterocycles. The van der Waals surface area contributed by atoms with Gasteiger partial charge in [-0.25, -0.2) is 17.6 Å². The van der Waals surface area contributed by atoms with Crippen LogP contribution in [-0.4, -0.2) is 6.11 Å². The van der Waals surface area contributed by atoms with Gasteiger partial charge in [0.1, 0.15) is 17.4 Å². The Bertz CT molecular complexity index is 835. The van der Waals surface area contributed by atoms with Crippen LogP contribution in [0.4, 0.5) is 26.3 Å². The van der Waals surface area contributed by atoms with Gasteiger partial charge in [0.25, 0.3) is 0 Å². The third-order valence-electron chi connectivity index (χ3n) is 5.50. The Morgan fingerprint density at radius 1 is 0.862 bits per heavy atom. The van der Waals surface area contributed by atoms with Crippen LogP contribution in [0.25, 0.3) is 11.1 Å². The van der Waals surface area contributed by atoms with E-state index in [0.29, 0.717) is 37.0 Å². The van der Waals surface area contributed by atoms with Gasteiger partial charge in [-0.05, 0) is 49.3 Å². The van der Waals surface area contributed by atoms with Crippen molar-refractivity contribution in [3.63, 3.8) is 0 Å². The summed E-state index contributed by atoms with van der Waals surface area (Å²) < 4.78 is 89.0. The number of hydrogen-bond donors (Lipinski definition) is 0. The van der Waals surface area contributed by atoms with Crippen molar-refractivity contribution in [3.8, 4) is 16.9 Å². The van der Waals surface area contributed by atoms with Crippen LogP contribution in [0.3, 0.4) is 0 Å². The van der Waals surface area contributed by atoms with E-state index in [-0.39, 0.29) is 18.4 Å². The summed E-state index contributed by atoms with van der Waals surface area (Å²) >= 11 is 0. The Labute approximate surface area is 165 Å². The first-order valence-electron chi connectivity index (χ1n) is 9.72. The van der Waals surface area contributed by atoms with Crippen LogP contribution < -0.4 is 4.74 Å². The maximum atomic E-state index is 14.5. The molecule has 0 unspecified atom stereocenters. The highest BCUT2D eigenvalue weighted by atomic mass is 19.3. The van der Waals surface area contributed by atoms with Crippen molar-refractivity contribution < 1.29 is 31.1 Å². The molecule has 0 aromatic heterocycles. The lowest BCUT2D eigenvalue weighted by Crippen LogP contribution is -2.37. The topological polar surface area (TPSA) is 9.23 Å². The third kappa shape index (κ3) is 4.87. The molecule has 0 atom stereocenters. The van der Waals surface area contributed by atoms with Crippen molar-refractivity contribution in [2.45, 2.75) is 51.6 Å². The van der Waals surface area contributed by atoms with E-state index in [1.54, 1.807) is 0 Å². The molecule has 1 aliphatic rings. The van der Waals surface area contributed by atoms with Crippen molar-refractivity contribution >= 4 is 0 Å². The molecule has 0 N–H and O–H groups in total. The minimum atomic E-state index is -3.56. The molecule has 158 valence electrons. The van der Waals surface area contributed by atoms with Gasteiger partial charge in [-0.2, -0.15) is 8.78 Å². The van der Waals surface area contributed by atoms with Crippen LogP contribution in [-0.2, 0) is 0 Å². The Hall–Kier alpha value is -2.18. The highest BCUT2D eigenvalue weighted by molar-refractivity contribution is 5.66. The minimum absolute atomic E-state index is 0.244. The standard InChI is InChI=1S/C22H22F6O/c1-2-3-13-4-7-15(8-5-13)22(27,28)29-16-11-19(25)21(20(26)12-16)14-6-9-17(23)18(24)10-14/h6,9-13,15H,2-5,7-8H2,1H3. The van der Waals surface area contributed by atoms with E-state index in [1.807, 2.05) is 0 Å². The summed E-state index contributed by atoms with van der Waals surface area (Å²) in [6.45, 7) is 2.05. The SMILES string of the molecule is CCCC1CCC(C(F)(F)Oc2cc(F)c(-c3ccc(F)c(F)c3)c(F)c2)CC1. The van der Waals surface area contributed by atoms with E-state index >= 15 is 0 Å². The maximum absolute atomic E-state index is 14.5. The van der Waals surface area contributed by atoms with Gasteiger partial charge in [0, 0.05) is 12.1 Å². The van der Waals surface area contributed by atoms with Gasteiger partial charge in [0.05, 0.1) is 11.5 Å². The van der Waals surface area contributed by atoms with E-state index in [9.17, 15) is 26.3 Å². The van der Waals surface area contributed by atoms with Gasteiger partial charge < -0.3 is 4.74 Å². The average Bonchev–Trinajstić information content (AvgIpc) is 2.64. The lowest BCUT2D eigenvalue weighted by atomic mass is 9.79. The summed E-state index contributed by atoms with van der Waals surface area (Å²) in [5.74, 6) is -6.08. The molecule has 2 aromatic rings. The second-order valence-electron chi connectivity index (χ2n) is 7.56. The van der Waals surface area contributed by atoms with Gasteiger partial charge in [0.15, 0.2) is 11.6 Å². The van der Waals surface area contributed by atoms with Gasteiger partial charge in [0.2, 0.25) is 0 Å². The summed E-state index contributed by atoms with van der Waals surface area (Å²) in [5.41, 5.74) is -0.883. The lowest BCUT2D eigenvalue weighted by molar-refractivity contribution is -0.223. The molecular weight excluding hydrogens is 394 g/mol. The molecule has 1 fully saturated rings. The van der Waals surface area contributed by atoms with Gasteiger partial charge in [-0.15, -0.1) is 0 Å². The number of ether oxygens (including phenoxy) is 1. The fraction of sp³-hybridized carbons (Fsp3) is 0.455. The number of hydrogen-bond acceptors (Lipinski definition) is 1. The number of alkyl halides is 2. The zero-order valence-corrected chi connectivity index (χ0v) is 16.0. The number of halogens is 6. The van der Waals surface area contributed by atoms with Crippen molar-refractivity contribution in [3.05, 3.63) is 53.6 Å². The maximum Gasteiger partial charge on any atom is 0.400 e. The predicted octanol–water partition coefficient (Wildman–Crippen LogP) is 7.49. The summed E-state index contributed by atoms with van der Waals surface area (Å²) in [5, 5.41) is 0. The van der Waals surface area contributed by atoms with Crippen molar-refractivity contribution in [2.24, 2.45) is 11.8 Å². The zero-order chi connectivity index (χ0) is 21.2. The Morgan fingerprint density at radius 3 is 2.03 bits per heavy atom. The lowest BCUT2D eigenvalue weighted by Gasteiger charge is -2.33. The molecule has 0 aliphatic heterocycles. The Morgan fingerprint density at radius 2 is 1.48 bits per heavy atom. The first-order chi connectivity index (χ1) is 13.7. The zero-order valence-electron chi connectivity index (χ0n) is 16.0. The largest absolute Gasteiger partial charge is 0.432 e. The van der Waals surface area contributed by atoms with Crippen LogP contribution in [0.15, 0.2) is 30.3 Å². The first-order valence-corrected chi connectivity index (χ1v) is 9.72. The monoisotopic (exact) mass is 416 g/mol. The molecule has 1 aliphatic carbocycles. The fourth-order valence-electron chi connectivity index (χ4n) is 3.97. The normalized spacial score (nSPS) is 20.0. The number of rotatable bonds is 6. The number of benzene rings is 2. The van der Waals surface area contributed by atoms with E-state index in [2.05, 4.69) is 11.7 Å². The van der Waals surface area contributed by atoms with Crippen LogP contribution in [0, 0.1) is 35.1 Å². The molecule has 1 saturated carbocycles. The van der Waals surface area contributed by atoms with E-state index in [1.165, 1.54) is 0 Å². The van der Waals surface area contributed by atoms with Crippen LogP contribution in [0.1, 0.15) is 45.4 Å². The average molecular weight is 416 g/mol. The highest BCUT2D eigenvalue weighted by Crippen LogP contribution is 2.42. The Kier molecular flexibility index (Phi) is 6.44. The van der Waals surface area contributed by atoms with Crippen LogP contribution in [0.5, 0.6) is 5.75 Å². The van der Waals surface area contributed by atoms with E-state index in [4.69, 9.17) is 0 Å². The van der Waals surface area contributed by atoms with Gasteiger partial charge in [-0.3, -0.25) is 0 Å². The van der Waals surface area contributed by atoms with Gasteiger partial charge >= 0.3 is 6.11 Å². The van der Waals surface area contributed by atoms with Gasteiger partial charge in [-0.1, -0.05) is 25.8 Å². The quantitative estimate of drug-likeness (QED) is 0.443. The molecule has 0 radical (unpaired) electrons. The molecule has 0 amide bonds. The highest BCUT2D eigenvalue weighted by Gasteiger charge is 2.44. The molecule has 7 heteroatoms. The summed E-state index contributed by atoms with van der Waals surface area (Å²) in [6.07, 6.45) is 0.376. The second-order valence-corrected chi connectivity index (χ2v) is 7.56. The summed E-state index contributed by atoms with van der Waals surface area (Å²) in [4.78, 5) is 0. The first kappa shape index (κ1) is 21.5. The van der Waals surface area contributed by atoms with E-state index in [0.717, 1.165) is 25.0 Å². The molecule has 3 rings (SSSR count). The van der Waals surface area contributed by atoms with Crippen molar-refractivity contribution in [1.82, 2.24) is 0 Å². The molecule has 1 nitrogen and oxygen atoms in total. The summed E-state index contributed by atoms with van der Waals surface area (Å²) in [6, 6.07) is 3.65. The molecule has 0 bridgehead atoms. The molecular formula is C22H22F6O. The molecule has 0 saturated heterocycles. The fourth-order valence-corrected chi connectivity index (χ4v) is 3.97. The van der Waals surface area contributed by atoms with Crippen molar-refractivity contribution in [2.75, 3.05) is 0 Å². The summed E-state index contributed by atoms with van der Waals surface area (Å²) in [7, 11) is 0. The van der Waals surface area contributed by atoms with Crippen LogP contribution in [0.2, 0.25) is 0 Å². The third-order valence-corrected chi connectivity index (χ3v) is 5.50. The molecule has 29 heavy (non-hydrogen) atoms. The Balaban J connectivity index is 1.77.